The Kier molecular flexibility index (Phi) is 6.22. The van der Waals surface area contributed by atoms with Crippen LogP contribution in [0.25, 0.3) is 0 Å². The van der Waals surface area contributed by atoms with Crippen molar-refractivity contribution in [3.63, 3.8) is 0 Å². The second-order valence-electron chi connectivity index (χ2n) is 4.50. The Morgan fingerprint density at radius 2 is 1.90 bits per heavy atom. The molecule has 7 heteroatoms. The number of hydrogen-bond donors (Lipinski definition) is 1. The van der Waals surface area contributed by atoms with Crippen LogP contribution in [0.1, 0.15) is 49.0 Å². The van der Waals surface area contributed by atoms with Crippen molar-refractivity contribution in [3.05, 3.63) is 45.0 Å². The van der Waals surface area contributed by atoms with Crippen molar-refractivity contribution < 1.29 is 48.7 Å². The first kappa shape index (κ1) is 18.0. The molecule has 0 bridgehead atoms. The molecule has 5 nitrogen and oxygen atoms in total. The molecule has 0 saturated carbocycles. The first-order chi connectivity index (χ1) is 9.41. The van der Waals surface area contributed by atoms with Gasteiger partial charge in [-0.3, -0.25) is 4.79 Å². The SMILES string of the molecule is Cc1sc(C)c(C(=O)N[C@@H](C)c2ccoc2)c1C(=O)[O-].[Na+]. The zero-order valence-corrected chi connectivity index (χ0v) is 15.2. The van der Waals surface area contributed by atoms with Gasteiger partial charge in [0, 0.05) is 20.9 Å². The molecule has 106 valence electrons. The van der Waals surface area contributed by atoms with Crippen molar-refractivity contribution in [1.82, 2.24) is 5.32 Å². The third-order valence-corrected chi connectivity index (χ3v) is 4.10. The number of aromatic carboxylic acids is 1. The molecule has 1 N–H and O–H groups in total. The number of aryl methyl sites for hydroxylation is 2. The average molecular weight is 315 g/mol. The maximum absolute atomic E-state index is 12.3. The largest absolute Gasteiger partial charge is 1.00 e. The van der Waals surface area contributed by atoms with Crippen molar-refractivity contribution in [3.8, 4) is 0 Å². The van der Waals surface area contributed by atoms with Crippen molar-refractivity contribution in [2.24, 2.45) is 0 Å². The van der Waals surface area contributed by atoms with Gasteiger partial charge in [0.25, 0.3) is 5.91 Å². The minimum absolute atomic E-state index is 0. The van der Waals surface area contributed by atoms with Crippen molar-refractivity contribution in [1.29, 1.82) is 0 Å². The molecule has 2 rings (SSSR count). The molecule has 0 radical (unpaired) electrons. The average Bonchev–Trinajstić information content (AvgIpc) is 2.96. The molecule has 0 unspecified atom stereocenters. The van der Waals surface area contributed by atoms with Crippen LogP contribution in [0.15, 0.2) is 23.0 Å². The summed E-state index contributed by atoms with van der Waals surface area (Å²) in [6, 6.07) is 1.48. The van der Waals surface area contributed by atoms with Gasteiger partial charge in [-0.25, -0.2) is 0 Å². The van der Waals surface area contributed by atoms with Crippen molar-refractivity contribution in [2.45, 2.75) is 26.8 Å². The summed E-state index contributed by atoms with van der Waals surface area (Å²) in [5.41, 5.74) is 0.977. The molecule has 0 aliphatic rings. The second kappa shape index (κ2) is 7.26. The molecule has 1 atom stereocenters. The van der Waals surface area contributed by atoms with Gasteiger partial charge in [-0.1, -0.05) is 0 Å². The number of carbonyl (C=O) groups excluding carboxylic acids is 2. The quantitative estimate of drug-likeness (QED) is 0.720. The summed E-state index contributed by atoms with van der Waals surface area (Å²) in [7, 11) is 0. The minimum atomic E-state index is -1.33. The van der Waals surface area contributed by atoms with Gasteiger partial charge < -0.3 is 19.6 Å². The maximum atomic E-state index is 12.3. The van der Waals surface area contributed by atoms with E-state index in [0.717, 1.165) is 5.56 Å². The fourth-order valence-corrected chi connectivity index (χ4v) is 3.12. The summed E-state index contributed by atoms with van der Waals surface area (Å²) in [5, 5.41) is 13.9. The minimum Gasteiger partial charge on any atom is -0.545 e. The molecule has 2 heterocycles. The Morgan fingerprint density at radius 3 is 2.43 bits per heavy atom. The molecule has 0 spiro atoms. The molecule has 2 aromatic heterocycles. The van der Waals surface area contributed by atoms with E-state index in [-0.39, 0.29) is 46.7 Å². The Balaban J connectivity index is 0.00000220. The zero-order chi connectivity index (χ0) is 14.9. The van der Waals surface area contributed by atoms with Crippen LogP contribution in [0.5, 0.6) is 0 Å². The normalized spacial score (nSPS) is 11.6. The van der Waals surface area contributed by atoms with Crippen LogP contribution in [0.4, 0.5) is 0 Å². The first-order valence-electron chi connectivity index (χ1n) is 6.06. The van der Waals surface area contributed by atoms with E-state index in [9.17, 15) is 14.7 Å². The Labute approximate surface area is 148 Å². The number of carboxylic acid groups (broad SMARTS) is 1. The molecule has 0 aliphatic carbocycles. The van der Waals surface area contributed by atoms with Gasteiger partial charge in [0.2, 0.25) is 0 Å². The summed E-state index contributed by atoms with van der Waals surface area (Å²) >= 11 is 1.28. The third kappa shape index (κ3) is 3.77. The van der Waals surface area contributed by atoms with E-state index in [0.29, 0.717) is 9.75 Å². The number of hydrogen-bond acceptors (Lipinski definition) is 5. The maximum Gasteiger partial charge on any atom is 1.00 e. The van der Waals surface area contributed by atoms with Gasteiger partial charge in [0.15, 0.2) is 0 Å². The van der Waals surface area contributed by atoms with Gasteiger partial charge in [0.1, 0.15) is 0 Å². The molecule has 21 heavy (non-hydrogen) atoms. The predicted octanol–water partition coefficient (Wildman–Crippen LogP) is -1.18. The van der Waals surface area contributed by atoms with E-state index in [2.05, 4.69) is 5.32 Å². The van der Waals surface area contributed by atoms with E-state index in [4.69, 9.17) is 4.42 Å². The summed E-state index contributed by atoms with van der Waals surface area (Å²) < 4.78 is 4.96. The van der Waals surface area contributed by atoms with Gasteiger partial charge in [0.05, 0.1) is 30.1 Å². The molecular weight excluding hydrogens is 301 g/mol. The Bertz CT molecular complexity index is 648. The standard InChI is InChI=1S/C14H15NO4S.Na/c1-7(10-4-5-19-6-10)15-13(16)11-8(2)20-9(3)12(11)14(17)18;/h4-7H,1-3H3,(H,15,16)(H,17,18);/q;+1/p-1/t7-;/m0./s1. The smallest absolute Gasteiger partial charge is 0.545 e. The zero-order valence-electron chi connectivity index (χ0n) is 12.4. The van der Waals surface area contributed by atoms with E-state index < -0.39 is 11.9 Å². The molecule has 0 fully saturated rings. The topological polar surface area (TPSA) is 82.4 Å². The van der Waals surface area contributed by atoms with Crippen LogP contribution in [0.3, 0.4) is 0 Å². The number of carbonyl (C=O) groups is 2. The molecule has 0 aromatic carbocycles. The fraction of sp³-hybridized carbons (Fsp3) is 0.286. The number of thiophene rings is 1. The molecule has 0 saturated heterocycles. The third-order valence-electron chi connectivity index (χ3n) is 3.08. The second-order valence-corrected chi connectivity index (χ2v) is 5.93. The van der Waals surface area contributed by atoms with Crippen LogP contribution in [-0.4, -0.2) is 11.9 Å². The summed E-state index contributed by atoms with van der Waals surface area (Å²) in [6.07, 6.45) is 3.06. The van der Waals surface area contributed by atoms with Gasteiger partial charge in [-0.05, 0) is 26.8 Å². The summed E-state index contributed by atoms with van der Waals surface area (Å²) in [5.74, 6) is -1.74. The van der Waals surface area contributed by atoms with Crippen LogP contribution >= 0.6 is 11.3 Å². The van der Waals surface area contributed by atoms with E-state index in [1.807, 2.05) is 0 Å². The summed E-state index contributed by atoms with van der Waals surface area (Å²) in [4.78, 5) is 24.7. The predicted molar refractivity (Wildman–Crippen MR) is 72.7 cm³/mol. The van der Waals surface area contributed by atoms with Crippen LogP contribution < -0.4 is 40.0 Å². The monoisotopic (exact) mass is 315 g/mol. The van der Waals surface area contributed by atoms with E-state index >= 15 is 0 Å². The van der Waals surface area contributed by atoms with E-state index in [1.54, 1.807) is 26.8 Å². The van der Waals surface area contributed by atoms with Gasteiger partial charge in [-0.2, -0.15) is 0 Å². The van der Waals surface area contributed by atoms with E-state index in [1.165, 1.54) is 23.9 Å². The molecular formula is C14H14NNaO4S. The fourth-order valence-electron chi connectivity index (χ4n) is 2.08. The number of amides is 1. The number of carboxylic acids is 1. The number of rotatable bonds is 4. The number of nitrogens with one attached hydrogen (secondary N) is 1. The van der Waals surface area contributed by atoms with Crippen molar-refractivity contribution >= 4 is 23.2 Å². The summed E-state index contributed by atoms with van der Waals surface area (Å²) in [6.45, 7) is 5.19. The van der Waals surface area contributed by atoms with Gasteiger partial charge in [-0.15, -0.1) is 11.3 Å². The molecule has 0 aliphatic heterocycles. The van der Waals surface area contributed by atoms with Crippen LogP contribution in [-0.2, 0) is 0 Å². The Hall–Kier alpha value is -1.08. The van der Waals surface area contributed by atoms with Gasteiger partial charge >= 0.3 is 29.6 Å². The van der Waals surface area contributed by atoms with Crippen LogP contribution in [0.2, 0.25) is 0 Å². The Morgan fingerprint density at radius 1 is 1.29 bits per heavy atom. The van der Waals surface area contributed by atoms with Crippen LogP contribution in [0, 0.1) is 13.8 Å². The van der Waals surface area contributed by atoms with Crippen molar-refractivity contribution in [2.75, 3.05) is 0 Å². The molecule has 1 amide bonds. The first-order valence-corrected chi connectivity index (χ1v) is 6.87. The molecule has 2 aromatic rings. The number of furan rings is 1.